The summed E-state index contributed by atoms with van der Waals surface area (Å²) in [6.07, 6.45) is 1.80. The van der Waals surface area contributed by atoms with Crippen molar-refractivity contribution >= 4 is 27.5 Å². The van der Waals surface area contributed by atoms with Crippen molar-refractivity contribution in [1.29, 1.82) is 0 Å². The number of amides is 1. The van der Waals surface area contributed by atoms with Gasteiger partial charge in [-0.1, -0.05) is 17.4 Å². The minimum Gasteiger partial charge on any atom is -0.380 e. The predicted octanol–water partition coefficient (Wildman–Crippen LogP) is 3.31. The Morgan fingerprint density at radius 3 is 2.81 bits per heavy atom. The van der Waals surface area contributed by atoms with Gasteiger partial charge in [-0.2, -0.15) is 10.1 Å². The lowest BCUT2D eigenvalue weighted by Crippen LogP contribution is -2.20. The van der Waals surface area contributed by atoms with Gasteiger partial charge in [-0.15, -0.1) is 0 Å². The van der Waals surface area contributed by atoms with E-state index in [1.807, 2.05) is 13.8 Å². The number of hydrogen-bond acceptors (Lipinski definition) is 4. The van der Waals surface area contributed by atoms with Gasteiger partial charge in [-0.3, -0.25) is 9.48 Å². The summed E-state index contributed by atoms with van der Waals surface area (Å²) in [6.45, 7) is 10.8. The first-order chi connectivity index (χ1) is 12.5. The summed E-state index contributed by atoms with van der Waals surface area (Å²) in [6, 6.07) is 6.00. The lowest BCUT2D eigenvalue weighted by molar-refractivity contribution is 0.0991. The maximum Gasteiger partial charge on any atom is 0.300 e. The van der Waals surface area contributed by atoms with Gasteiger partial charge in [0.05, 0.1) is 16.8 Å². The quantitative estimate of drug-likeness (QED) is 0.624. The summed E-state index contributed by atoms with van der Waals surface area (Å²) in [7, 11) is 0. The number of aryl methyl sites for hydroxylation is 3. The molecule has 0 saturated heterocycles. The fourth-order valence-corrected chi connectivity index (χ4v) is 4.01. The van der Waals surface area contributed by atoms with E-state index in [9.17, 15) is 4.79 Å². The Morgan fingerprint density at radius 2 is 2.12 bits per heavy atom. The van der Waals surface area contributed by atoms with Crippen molar-refractivity contribution in [2.75, 3.05) is 13.2 Å². The highest BCUT2D eigenvalue weighted by Gasteiger charge is 2.13. The maximum atomic E-state index is 12.6. The first-order valence-corrected chi connectivity index (χ1v) is 9.66. The Hall–Kier alpha value is -2.25. The van der Waals surface area contributed by atoms with Gasteiger partial charge in [0.25, 0.3) is 5.91 Å². The van der Waals surface area contributed by atoms with E-state index >= 15 is 0 Å². The summed E-state index contributed by atoms with van der Waals surface area (Å²) < 4.78 is 10.5. The van der Waals surface area contributed by atoms with Crippen LogP contribution >= 0.6 is 11.3 Å². The Bertz CT molecular complexity index is 997. The molecular weight excluding hydrogens is 348 g/mol. The molecule has 6 nitrogen and oxygen atoms in total. The summed E-state index contributed by atoms with van der Waals surface area (Å²) in [4.78, 5) is 17.6. The molecule has 0 fully saturated rings. The highest BCUT2D eigenvalue weighted by Crippen LogP contribution is 2.23. The second-order valence-corrected chi connectivity index (χ2v) is 7.11. The van der Waals surface area contributed by atoms with Crippen LogP contribution in [0.15, 0.2) is 29.4 Å². The molecule has 2 heterocycles. The third-order valence-electron chi connectivity index (χ3n) is 4.16. The van der Waals surface area contributed by atoms with E-state index in [0.717, 1.165) is 16.8 Å². The van der Waals surface area contributed by atoms with Gasteiger partial charge in [-0.25, -0.2) is 0 Å². The van der Waals surface area contributed by atoms with Crippen LogP contribution in [0.4, 0.5) is 0 Å². The molecule has 3 rings (SSSR count). The van der Waals surface area contributed by atoms with Crippen molar-refractivity contribution in [2.24, 2.45) is 4.99 Å². The minimum absolute atomic E-state index is 0.316. The average molecular weight is 372 g/mol. The number of fused-ring (bicyclic) bond motifs is 1. The van der Waals surface area contributed by atoms with E-state index in [2.05, 4.69) is 40.6 Å². The summed E-state index contributed by atoms with van der Waals surface area (Å²) >= 11 is 1.54. The van der Waals surface area contributed by atoms with Crippen LogP contribution in [0, 0.1) is 13.8 Å². The lowest BCUT2D eigenvalue weighted by Gasteiger charge is -2.06. The van der Waals surface area contributed by atoms with E-state index in [1.54, 1.807) is 16.9 Å². The average Bonchev–Trinajstić information content (AvgIpc) is 3.21. The Balaban J connectivity index is 2.09. The molecule has 0 bridgehead atoms. The number of benzene rings is 1. The fourth-order valence-electron chi connectivity index (χ4n) is 2.91. The standard InChI is InChI=1S/C19H24N4O2S/c1-5-22-8-7-15(21-22)18(24)20-19-23(9-10-25-6-2)16-12-13(3)11-14(4)17(16)26-19/h7-8,11-12H,5-6,9-10H2,1-4H3. The zero-order chi connectivity index (χ0) is 18.7. The van der Waals surface area contributed by atoms with E-state index in [4.69, 9.17) is 4.74 Å². The van der Waals surface area contributed by atoms with Crippen LogP contribution in [0.1, 0.15) is 35.5 Å². The lowest BCUT2D eigenvalue weighted by atomic mass is 10.1. The van der Waals surface area contributed by atoms with Gasteiger partial charge in [0.2, 0.25) is 0 Å². The van der Waals surface area contributed by atoms with E-state index in [0.29, 0.717) is 30.3 Å². The van der Waals surface area contributed by atoms with Crippen LogP contribution in [0.2, 0.25) is 0 Å². The van der Waals surface area contributed by atoms with E-state index in [-0.39, 0.29) is 5.91 Å². The van der Waals surface area contributed by atoms with E-state index in [1.165, 1.54) is 22.5 Å². The number of aromatic nitrogens is 3. The van der Waals surface area contributed by atoms with Crippen LogP contribution in [0.5, 0.6) is 0 Å². The highest BCUT2D eigenvalue weighted by molar-refractivity contribution is 7.16. The van der Waals surface area contributed by atoms with Crippen molar-refractivity contribution < 1.29 is 9.53 Å². The molecule has 1 amide bonds. The highest BCUT2D eigenvalue weighted by atomic mass is 32.1. The molecule has 0 N–H and O–H groups in total. The summed E-state index contributed by atoms with van der Waals surface area (Å²) in [5, 5.41) is 4.26. The smallest absolute Gasteiger partial charge is 0.300 e. The van der Waals surface area contributed by atoms with Gasteiger partial charge in [0.1, 0.15) is 0 Å². The van der Waals surface area contributed by atoms with Crippen LogP contribution in [0.25, 0.3) is 10.2 Å². The van der Waals surface area contributed by atoms with Gasteiger partial charge < -0.3 is 9.30 Å². The number of rotatable bonds is 6. The molecule has 1 aromatic carbocycles. The number of nitrogens with zero attached hydrogens (tertiary/aromatic N) is 4. The van der Waals surface area contributed by atoms with Gasteiger partial charge in [-0.05, 0) is 51.0 Å². The van der Waals surface area contributed by atoms with Crippen LogP contribution in [-0.2, 0) is 17.8 Å². The fraction of sp³-hybridized carbons (Fsp3) is 0.421. The number of ether oxygens (including phenoxy) is 1. The molecular formula is C19H24N4O2S. The van der Waals surface area contributed by atoms with Gasteiger partial charge >= 0.3 is 0 Å². The van der Waals surface area contributed by atoms with Crippen molar-refractivity contribution in [1.82, 2.24) is 14.3 Å². The topological polar surface area (TPSA) is 61.4 Å². The largest absolute Gasteiger partial charge is 0.380 e. The molecule has 0 radical (unpaired) electrons. The molecule has 3 aromatic rings. The summed E-state index contributed by atoms with van der Waals surface area (Å²) in [5.41, 5.74) is 3.85. The molecule has 138 valence electrons. The van der Waals surface area contributed by atoms with Crippen molar-refractivity contribution in [3.8, 4) is 0 Å². The van der Waals surface area contributed by atoms with Crippen molar-refractivity contribution in [3.63, 3.8) is 0 Å². The first kappa shape index (κ1) is 18.5. The monoisotopic (exact) mass is 372 g/mol. The SMILES string of the molecule is CCOCCn1c(=NC(=O)c2ccn(CC)n2)sc2c(C)cc(C)cc21. The number of carbonyl (C=O) groups excluding carboxylic acids is 1. The Kier molecular flexibility index (Phi) is 5.68. The zero-order valence-corrected chi connectivity index (χ0v) is 16.5. The van der Waals surface area contributed by atoms with Gasteiger partial charge in [0.15, 0.2) is 10.5 Å². The van der Waals surface area contributed by atoms with Crippen molar-refractivity contribution in [2.45, 2.75) is 40.8 Å². The molecule has 0 saturated carbocycles. The van der Waals surface area contributed by atoms with Crippen LogP contribution < -0.4 is 4.80 Å². The molecule has 0 atom stereocenters. The van der Waals surface area contributed by atoms with E-state index < -0.39 is 0 Å². The molecule has 0 aliphatic rings. The Labute approximate surface area is 156 Å². The molecule has 2 aromatic heterocycles. The minimum atomic E-state index is -0.316. The normalized spacial score (nSPS) is 12.2. The molecule has 7 heteroatoms. The third kappa shape index (κ3) is 3.78. The number of carbonyl (C=O) groups is 1. The molecule has 0 aliphatic carbocycles. The third-order valence-corrected chi connectivity index (χ3v) is 5.39. The number of hydrogen-bond donors (Lipinski definition) is 0. The second-order valence-electron chi connectivity index (χ2n) is 6.14. The van der Waals surface area contributed by atoms with Gasteiger partial charge in [0, 0.05) is 25.9 Å². The molecule has 26 heavy (non-hydrogen) atoms. The van der Waals surface area contributed by atoms with Crippen LogP contribution in [0.3, 0.4) is 0 Å². The number of thiazole rings is 1. The first-order valence-electron chi connectivity index (χ1n) is 8.84. The maximum absolute atomic E-state index is 12.6. The summed E-state index contributed by atoms with van der Waals surface area (Å²) in [5.74, 6) is -0.316. The molecule has 0 unspecified atom stereocenters. The zero-order valence-electron chi connectivity index (χ0n) is 15.7. The van der Waals surface area contributed by atoms with Crippen LogP contribution in [-0.4, -0.2) is 33.5 Å². The molecule has 0 aliphatic heterocycles. The second kappa shape index (κ2) is 7.97. The van der Waals surface area contributed by atoms with Crippen molar-refractivity contribution in [3.05, 3.63) is 46.0 Å². The Morgan fingerprint density at radius 1 is 1.31 bits per heavy atom. The molecule has 0 spiro atoms. The predicted molar refractivity (Wildman–Crippen MR) is 104 cm³/mol.